The van der Waals surface area contributed by atoms with Gasteiger partial charge in [0.25, 0.3) is 0 Å². The Morgan fingerprint density at radius 1 is 1.10 bits per heavy atom. The number of aryl methyl sites for hydroxylation is 2. The number of anilines is 1. The lowest BCUT2D eigenvalue weighted by Crippen LogP contribution is -2.51. The van der Waals surface area contributed by atoms with Crippen molar-refractivity contribution in [3.8, 4) is 11.8 Å². The first-order valence-corrected chi connectivity index (χ1v) is 14.5. The second kappa shape index (κ2) is 10.0. The van der Waals surface area contributed by atoms with Crippen LogP contribution in [0.5, 0.6) is 11.8 Å². The number of hydrogen-bond donors (Lipinski definition) is 2. The highest BCUT2D eigenvalue weighted by atomic mass is 35.5. The summed E-state index contributed by atoms with van der Waals surface area (Å²) in [5.74, 6) is 1.49. The summed E-state index contributed by atoms with van der Waals surface area (Å²) in [6, 6.07) is 10.4. The minimum absolute atomic E-state index is 0.208. The molecule has 5 heterocycles. The quantitative estimate of drug-likeness (QED) is 0.454. The fourth-order valence-electron chi connectivity index (χ4n) is 7.21. The summed E-state index contributed by atoms with van der Waals surface area (Å²) in [4.78, 5) is 18.8. The van der Waals surface area contributed by atoms with Crippen LogP contribution in [-0.4, -0.2) is 81.5 Å². The predicted octanol–water partition coefficient (Wildman–Crippen LogP) is 4.06. The molecule has 0 saturated carbocycles. The number of nitrogens with one attached hydrogen (secondary N) is 1. The molecule has 8 nitrogen and oxygen atoms in total. The zero-order valence-electron chi connectivity index (χ0n) is 22.0. The molecule has 2 N–H and O–H groups in total. The lowest BCUT2D eigenvalue weighted by Gasteiger charge is -2.33. The SMILES string of the molecule is Oc1cc(CCc2nc(OC[C@@]34CCCN3C[C@H](F)C4)nc(N3C[C@H]4CC[C@@H](C3)N4)n2)c2c(Cl)cccc2c1. The topological polar surface area (TPSA) is 86.6 Å². The first kappa shape index (κ1) is 25.2. The van der Waals surface area contributed by atoms with Crippen LogP contribution >= 0.6 is 11.6 Å². The van der Waals surface area contributed by atoms with Crippen molar-refractivity contribution in [2.24, 2.45) is 0 Å². The zero-order chi connectivity index (χ0) is 26.6. The number of nitrogens with zero attached hydrogens (tertiary/aromatic N) is 5. The van der Waals surface area contributed by atoms with Crippen LogP contribution in [0.1, 0.15) is 43.5 Å². The van der Waals surface area contributed by atoms with Crippen molar-refractivity contribution in [3.63, 3.8) is 0 Å². The molecule has 3 aromatic rings. The Kier molecular flexibility index (Phi) is 6.48. The van der Waals surface area contributed by atoms with Gasteiger partial charge >= 0.3 is 6.01 Å². The van der Waals surface area contributed by atoms with Gasteiger partial charge in [-0.3, -0.25) is 4.90 Å². The highest BCUT2D eigenvalue weighted by molar-refractivity contribution is 6.35. The van der Waals surface area contributed by atoms with Gasteiger partial charge in [-0.2, -0.15) is 15.0 Å². The molecule has 39 heavy (non-hydrogen) atoms. The molecule has 0 aliphatic carbocycles. The van der Waals surface area contributed by atoms with Crippen LogP contribution in [0.4, 0.5) is 10.3 Å². The van der Waals surface area contributed by atoms with E-state index in [-0.39, 0.29) is 11.3 Å². The fourth-order valence-corrected chi connectivity index (χ4v) is 7.51. The number of benzene rings is 2. The van der Waals surface area contributed by atoms with Gasteiger partial charge in [-0.1, -0.05) is 23.7 Å². The molecular formula is C29H34ClFN6O2. The number of aromatic hydroxyl groups is 1. The first-order valence-electron chi connectivity index (χ1n) is 14.1. The van der Waals surface area contributed by atoms with Crippen LogP contribution in [0.2, 0.25) is 5.02 Å². The normalized spacial score (nSPS) is 28.4. The second-order valence-corrected chi connectivity index (χ2v) is 12.1. The summed E-state index contributed by atoms with van der Waals surface area (Å²) < 4.78 is 20.6. The molecule has 2 aromatic carbocycles. The van der Waals surface area contributed by atoms with Crippen molar-refractivity contribution in [2.75, 3.05) is 37.7 Å². The number of piperazine rings is 1. The zero-order valence-corrected chi connectivity index (χ0v) is 22.7. The van der Waals surface area contributed by atoms with E-state index in [2.05, 4.69) is 15.1 Å². The Bertz CT molecular complexity index is 1380. The molecule has 0 unspecified atom stereocenters. The molecule has 10 heteroatoms. The lowest BCUT2D eigenvalue weighted by atomic mass is 9.95. The van der Waals surface area contributed by atoms with Gasteiger partial charge in [0, 0.05) is 55.0 Å². The van der Waals surface area contributed by atoms with Crippen LogP contribution in [0.25, 0.3) is 10.8 Å². The number of rotatable bonds is 7. The maximum absolute atomic E-state index is 14.3. The number of ether oxygens (including phenoxy) is 1. The maximum atomic E-state index is 14.3. The molecule has 206 valence electrons. The third kappa shape index (κ3) is 4.89. The minimum atomic E-state index is -0.807. The van der Waals surface area contributed by atoms with Crippen molar-refractivity contribution in [2.45, 2.75) is 68.7 Å². The number of alkyl halides is 1. The van der Waals surface area contributed by atoms with Crippen LogP contribution in [-0.2, 0) is 12.8 Å². The molecule has 2 bridgehead atoms. The molecule has 0 spiro atoms. The fraction of sp³-hybridized carbons (Fsp3) is 0.552. The first-order chi connectivity index (χ1) is 18.9. The molecule has 0 radical (unpaired) electrons. The largest absolute Gasteiger partial charge is 0.508 e. The standard InChI is InChI=1S/C29H34ClFN6O2/c30-24-4-1-3-18-11-23(38)12-19(26(18)24)5-8-25-33-27(36-15-21-6-7-22(16-36)32-21)35-28(34-25)39-17-29-9-2-10-37(29)14-20(31)13-29/h1,3-4,11-12,20-22,32,38H,2,5-10,13-17H2/t20-,21-,22+,29+/m1/s1. The maximum Gasteiger partial charge on any atom is 0.321 e. The Morgan fingerprint density at radius 3 is 2.79 bits per heavy atom. The molecule has 7 rings (SSSR count). The summed E-state index contributed by atoms with van der Waals surface area (Å²) in [5, 5.41) is 16.5. The van der Waals surface area contributed by atoms with E-state index in [4.69, 9.17) is 31.3 Å². The third-order valence-corrected chi connectivity index (χ3v) is 9.31. The van der Waals surface area contributed by atoms with E-state index in [0.29, 0.717) is 67.3 Å². The Balaban J connectivity index is 1.17. The molecule has 0 amide bonds. The highest BCUT2D eigenvalue weighted by Gasteiger charge is 2.49. The van der Waals surface area contributed by atoms with E-state index in [0.717, 1.165) is 61.7 Å². The van der Waals surface area contributed by atoms with E-state index in [1.807, 2.05) is 18.2 Å². The Labute approximate surface area is 232 Å². The van der Waals surface area contributed by atoms with Crippen LogP contribution in [0.15, 0.2) is 30.3 Å². The highest BCUT2D eigenvalue weighted by Crippen LogP contribution is 2.40. The minimum Gasteiger partial charge on any atom is -0.508 e. The number of halogens is 2. The van der Waals surface area contributed by atoms with Gasteiger partial charge in [-0.05, 0) is 67.8 Å². The van der Waals surface area contributed by atoms with E-state index >= 15 is 0 Å². The summed E-state index contributed by atoms with van der Waals surface area (Å²) in [6.07, 6.45) is 5.17. The van der Waals surface area contributed by atoms with Crippen molar-refractivity contribution in [3.05, 3.63) is 46.7 Å². The summed E-state index contributed by atoms with van der Waals surface area (Å²) in [7, 11) is 0. The molecular weight excluding hydrogens is 519 g/mol. The smallest absolute Gasteiger partial charge is 0.321 e. The monoisotopic (exact) mass is 552 g/mol. The van der Waals surface area contributed by atoms with Crippen molar-refractivity contribution >= 4 is 28.3 Å². The summed E-state index contributed by atoms with van der Waals surface area (Å²) >= 11 is 6.55. The predicted molar refractivity (Wildman–Crippen MR) is 149 cm³/mol. The van der Waals surface area contributed by atoms with E-state index in [1.54, 1.807) is 12.1 Å². The van der Waals surface area contributed by atoms with Crippen LogP contribution in [0.3, 0.4) is 0 Å². The number of phenolic OH excluding ortho intramolecular Hbond substituents is 1. The van der Waals surface area contributed by atoms with Gasteiger partial charge in [0.2, 0.25) is 5.95 Å². The molecule has 4 saturated heterocycles. The van der Waals surface area contributed by atoms with Crippen molar-refractivity contribution in [1.82, 2.24) is 25.2 Å². The van der Waals surface area contributed by atoms with Crippen molar-refractivity contribution in [1.29, 1.82) is 0 Å². The van der Waals surface area contributed by atoms with Gasteiger partial charge < -0.3 is 20.1 Å². The number of aromatic nitrogens is 3. The number of fused-ring (bicyclic) bond motifs is 4. The van der Waals surface area contributed by atoms with E-state index in [9.17, 15) is 9.50 Å². The molecule has 4 fully saturated rings. The number of phenols is 1. The summed E-state index contributed by atoms with van der Waals surface area (Å²) in [5.41, 5.74) is 0.679. The number of hydrogen-bond acceptors (Lipinski definition) is 8. The summed E-state index contributed by atoms with van der Waals surface area (Å²) in [6.45, 7) is 3.50. The van der Waals surface area contributed by atoms with Gasteiger partial charge in [0.1, 0.15) is 24.4 Å². The Morgan fingerprint density at radius 2 is 1.95 bits per heavy atom. The van der Waals surface area contributed by atoms with Crippen LogP contribution < -0.4 is 15.0 Å². The van der Waals surface area contributed by atoms with Crippen molar-refractivity contribution < 1.29 is 14.2 Å². The molecule has 4 aliphatic heterocycles. The Hall–Kier alpha value is -2.75. The average molecular weight is 553 g/mol. The third-order valence-electron chi connectivity index (χ3n) is 8.99. The molecule has 1 aromatic heterocycles. The van der Waals surface area contributed by atoms with Gasteiger partial charge in [-0.15, -0.1) is 0 Å². The lowest BCUT2D eigenvalue weighted by molar-refractivity contribution is 0.107. The average Bonchev–Trinajstić information content (AvgIpc) is 3.56. The van der Waals surface area contributed by atoms with Gasteiger partial charge in [0.05, 0.1) is 5.54 Å². The molecule has 4 aliphatic rings. The van der Waals surface area contributed by atoms with Crippen LogP contribution in [0, 0.1) is 0 Å². The van der Waals surface area contributed by atoms with E-state index in [1.165, 1.54) is 0 Å². The van der Waals surface area contributed by atoms with E-state index < -0.39 is 6.17 Å². The second-order valence-electron chi connectivity index (χ2n) is 11.7. The van der Waals surface area contributed by atoms with Gasteiger partial charge in [-0.25, -0.2) is 4.39 Å². The molecule has 4 atom stereocenters. The van der Waals surface area contributed by atoms with Gasteiger partial charge in [0.15, 0.2) is 0 Å².